The Bertz CT molecular complexity index is 249. The van der Waals surface area contributed by atoms with Gasteiger partial charge in [0.05, 0.1) is 0 Å². The highest BCUT2D eigenvalue weighted by Crippen LogP contribution is 2.04. The van der Waals surface area contributed by atoms with Crippen molar-refractivity contribution in [2.24, 2.45) is 0 Å². The van der Waals surface area contributed by atoms with Gasteiger partial charge in [-0.25, -0.2) is 0 Å². The second-order valence-corrected chi connectivity index (χ2v) is 2.93. The molecule has 0 spiro atoms. The molecule has 1 nitrogen and oxygen atoms in total. The van der Waals surface area contributed by atoms with Gasteiger partial charge in [-0.05, 0) is 19.5 Å². The maximum absolute atomic E-state index is 3.12. The Hall–Kier alpha value is -1.08. The third-order valence-electron chi connectivity index (χ3n) is 1.67. The molecule has 1 N–H and O–H groups in total. The van der Waals surface area contributed by atoms with Gasteiger partial charge in [-0.1, -0.05) is 42.0 Å². The van der Waals surface area contributed by atoms with E-state index in [0.717, 1.165) is 6.54 Å². The Kier molecular flexibility index (Phi) is 3.55. The van der Waals surface area contributed by atoms with E-state index in [2.05, 4.69) is 42.6 Å². The highest BCUT2D eigenvalue weighted by atomic mass is 14.8. The molecule has 0 aliphatic carbocycles. The van der Waals surface area contributed by atoms with Crippen LogP contribution in [0.1, 0.15) is 12.5 Å². The van der Waals surface area contributed by atoms with E-state index in [-0.39, 0.29) is 0 Å². The van der Waals surface area contributed by atoms with E-state index in [9.17, 15) is 0 Å². The lowest BCUT2D eigenvalue weighted by atomic mass is 10.1. The predicted molar refractivity (Wildman–Crippen MR) is 54.0 cm³/mol. The first kappa shape index (κ1) is 9.01. The van der Waals surface area contributed by atoms with Gasteiger partial charge in [-0.3, -0.25) is 0 Å². The first-order chi connectivity index (χ1) is 5.83. The highest BCUT2D eigenvalue weighted by molar-refractivity contribution is 5.52. The Labute approximate surface area is 74.1 Å². The van der Waals surface area contributed by atoms with Gasteiger partial charge in [0.15, 0.2) is 0 Å². The minimum Gasteiger partial charge on any atom is -0.316 e. The van der Waals surface area contributed by atoms with Crippen molar-refractivity contribution in [3.63, 3.8) is 0 Å². The van der Waals surface area contributed by atoms with Crippen molar-refractivity contribution in [1.29, 1.82) is 0 Å². The summed E-state index contributed by atoms with van der Waals surface area (Å²) in [5, 5.41) is 3.12. The van der Waals surface area contributed by atoms with E-state index >= 15 is 0 Å². The van der Waals surface area contributed by atoms with E-state index in [4.69, 9.17) is 0 Å². The van der Waals surface area contributed by atoms with Crippen molar-refractivity contribution < 1.29 is 0 Å². The summed E-state index contributed by atoms with van der Waals surface area (Å²) in [6.45, 7) is 3.08. The predicted octanol–water partition coefficient (Wildman–Crippen LogP) is 2.31. The average Bonchev–Trinajstić information content (AvgIpc) is 2.06. The topological polar surface area (TPSA) is 12.0 Å². The van der Waals surface area contributed by atoms with Gasteiger partial charge in [-0.2, -0.15) is 0 Å². The van der Waals surface area contributed by atoms with Crippen LogP contribution in [0.3, 0.4) is 0 Å². The van der Waals surface area contributed by atoms with Crippen molar-refractivity contribution in [2.45, 2.75) is 6.92 Å². The Morgan fingerprint density at radius 2 is 2.00 bits per heavy atom. The second-order valence-electron chi connectivity index (χ2n) is 2.93. The number of hydrogen-bond donors (Lipinski definition) is 1. The maximum Gasteiger partial charge on any atom is 0.0162 e. The van der Waals surface area contributed by atoms with Crippen molar-refractivity contribution in [1.82, 2.24) is 5.32 Å². The van der Waals surface area contributed by atoms with Crippen LogP contribution in [0.25, 0.3) is 6.08 Å². The molecule has 0 saturated heterocycles. The molecule has 12 heavy (non-hydrogen) atoms. The first-order valence-corrected chi connectivity index (χ1v) is 4.20. The summed E-state index contributed by atoms with van der Waals surface area (Å²) < 4.78 is 0. The van der Waals surface area contributed by atoms with E-state index in [1.165, 1.54) is 11.1 Å². The van der Waals surface area contributed by atoms with E-state index in [1.807, 2.05) is 13.1 Å². The molecule has 0 aliphatic heterocycles. The van der Waals surface area contributed by atoms with Crippen LogP contribution in [0.2, 0.25) is 0 Å². The Morgan fingerprint density at radius 3 is 2.58 bits per heavy atom. The fraction of sp³-hybridized carbons (Fsp3) is 0.273. The molecular formula is C11H15N. The van der Waals surface area contributed by atoms with Crippen LogP contribution >= 0.6 is 0 Å². The molecule has 1 rings (SSSR count). The second kappa shape index (κ2) is 4.73. The third-order valence-corrected chi connectivity index (χ3v) is 1.67. The maximum atomic E-state index is 3.12. The standard InChI is InChI=1S/C11H15N/c1-10(9-12-2)8-11-6-4-3-5-7-11/h3-8,12H,9H2,1-2H3/b10-8+. The van der Waals surface area contributed by atoms with Crippen LogP contribution in [0.5, 0.6) is 0 Å². The summed E-state index contributed by atoms with van der Waals surface area (Å²) in [7, 11) is 1.96. The molecule has 0 aromatic heterocycles. The lowest BCUT2D eigenvalue weighted by Gasteiger charge is -1.98. The normalized spacial score (nSPS) is 11.7. The molecule has 1 aromatic rings. The molecule has 0 atom stereocenters. The van der Waals surface area contributed by atoms with E-state index < -0.39 is 0 Å². The van der Waals surface area contributed by atoms with Crippen molar-refractivity contribution in [3.05, 3.63) is 41.5 Å². The molecule has 0 radical (unpaired) electrons. The molecule has 1 aromatic carbocycles. The van der Waals surface area contributed by atoms with Gasteiger partial charge in [0.25, 0.3) is 0 Å². The number of likely N-dealkylation sites (N-methyl/N-ethyl adjacent to an activating group) is 1. The number of rotatable bonds is 3. The Balaban J connectivity index is 2.67. The lowest BCUT2D eigenvalue weighted by molar-refractivity contribution is 0.884. The lowest BCUT2D eigenvalue weighted by Crippen LogP contribution is -2.08. The zero-order chi connectivity index (χ0) is 8.81. The zero-order valence-electron chi connectivity index (χ0n) is 7.67. The van der Waals surface area contributed by atoms with Crippen LogP contribution in [-0.2, 0) is 0 Å². The summed E-state index contributed by atoms with van der Waals surface area (Å²) >= 11 is 0. The number of benzene rings is 1. The average molecular weight is 161 g/mol. The van der Waals surface area contributed by atoms with E-state index in [0.29, 0.717) is 0 Å². The van der Waals surface area contributed by atoms with Crippen molar-refractivity contribution >= 4 is 6.08 Å². The molecule has 0 fully saturated rings. The summed E-state index contributed by atoms with van der Waals surface area (Å²) in [6, 6.07) is 10.4. The van der Waals surface area contributed by atoms with E-state index in [1.54, 1.807) is 0 Å². The SMILES string of the molecule is CNC/C(C)=C/c1ccccc1. The third kappa shape index (κ3) is 2.89. The molecular weight excluding hydrogens is 146 g/mol. The van der Waals surface area contributed by atoms with Gasteiger partial charge in [0.1, 0.15) is 0 Å². The summed E-state index contributed by atoms with van der Waals surface area (Å²) in [4.78, 5) is 0. The monoisotopic (exact) mass is 161 g/mol. The molecule has 0 aliphatic rings. The molecule has 0 heterocycles. The zero-order valence-corrected chi connectivity index (χ0v) is 7.67. The molecule has 0 saturated carbocycles. The van der Waals surface area contributed by atoms with Crippen LogP contribution in [0.4, 0.5) is 0 Å². The molecule has 1 heteroatoms. The fourth-order valence-electron chi connectivity index (χ4n) is 1.16. The van der Waals surface area contributed by atoms with Gasteiger partial charge in [0, 0.05) is 6.54 Å². The van der Waals surface area contributed by atoms with Gasteiger partial charge < -0.3 is 5.32 Å². The minimum atomic E-state index is 0.953. The number of nitrogens with one attached hydrogen (secondary N) is 1. The first-order valence-electron chi connectivity index (χ1n) is 4.20. The largest absolute Gasteiger partial charge is 0.316 e. The molecule has 0 unspecified atom stereocenters. The van der Waals surface area contributed by atoms with Crippen LogP contribution in [0, 0.1) is 0 Å². The van der Waals surface area contributed by atoms with Crippen molar-refractivity contribution in [2.75, 3.05) is 13.6 Å². The molecule has 0 amide bonds. The Morgan fingerprint density at radius 1 is 1.33 bits per heavy atom. The number of hydrogen-bond acceptors (Lipinski definition) is 1. The van der Waals surface area contributed by atoms with Gasteiger partial charge in [-0.15, -0.1) is 0 Å². The highest BCUT2D eigenvalue weighted by Gasteiger charge is 1.87. The quantitative estimate of drug-likeness (QED) is 0.717. The molecule has 64 valence electrons. The molecule has 0 bridgehead atoms. The smallest absolute Gasteiger partial charge is 0.0162 e. The van der Waals surface area contributed by atoms with Crippen LogP contribution in [-0.4, -0.2) is 13.6 Å². The summed E-state index contributed by atoms with van der Waals surface area (Å²) in [6.07, 6.45) is 2.19. The summed E-state index contributed by atoms with van der Waals surface area (Å²) in [5.74, 6) is 0. The van der Waals surface area contributed by atoms with Gasteiger partial charge >= 0.3 is 0 Å². The van der Waals surface area contributed by atoms with Crippen LogP contribution < -0.4 is 5.32 Å². The minimum absolute atomic E-state index is 0.953. The fourth-order valence-corrected chi connectivity index (χ4v) is 1.16. The van der Waals surface area contributed by atoms with Crippen molar-refractivity contribution in [3.8, 4) is 0 Å². The van der Waals surface area contributed by atoms with Crippen LogP contribution in [0.15, 0.2) is 35.9 Å². The summed E-state index contributed by atoms with van der Waals surface area (Å²) in [5.41, 5.74) is 2.62. The van der Waals surface area contributed by atoms with Gasteiger partial charge in [0.2, 0.25) is 0 Å².